The van der Waals surface area contributed by atoms with Crippen LogP contribution in [0, 0.1) is 13.8 Å². The standard InChI is InChI=1S/C13H15N3O3/c1-8-6-14-10(9(2)12(8)19-3)7-16-5-4-11(17)15-13(16)18/h4-6H,7H2,1-3H3,(H,15,17,18). The summed E-state index contributed by atoms with van der Waals surface area (Å²) in [7, 11) is 1.60. The van der Waals surface area contributed by atoms with Gasteiger partial charge in [-0.15, -0.1) is 0 Å². The first-order valence-corrected chi connectivity index (χ1v) is 5.81. The number of aromatic nitrogens is 3. The van der Waals surface area contributed by atoms with Crippen LogP contribution < -0.4 is 16.0 Å². The molecule has 0 unspecified atom stereocenters. The van der Waals surface area contributed by atoms with Crippen LogP contribution in [0.5, 0.6) is 5.75 Å². The van der Waals surface area contributed by atoms with E-state index in [1.54, 1.807) is 13.3 Å². The van der Waals surface area contributed by atoms with Crippen LogP contribution in [0.1, 0.15) is 16.8 Å². The zero-order valence-electron chi connectivity index (χ0n) is 11.1. The molecular weight excluding hydrogens is 246 g/mol. The quantitative estimate of drug-likeness (QED) is 0.878. The molecule has 1 N–H and O–H groups in total. The fourth-order valence-corrected chi connectivity index (χ4v) is 1.96. The van der Waals surface area contributed by atoms with Crippen LogP contribution in [0.3, 0.4) is 0 Å². The van der Waals surface area contributed by atoms with E-state index < -0.39 is 11.2 Å². The number of nitrogens with zero attached hydrogens (tertiary/aromatic N) is 2. The van der Waals surface area contributed by atoms with Gasteiger partial charge in [-0.25, -0.2) is 4.79 Å². The molecule has 0 aliphatic carbocycles. The van der Waals surface area contributed by atoms with E-state index in [0.29, 0.717) is 0 Å². The van der Waals surface area contributed by atoms with Gasteiger partial charge >= 0.3 is 5.69 Å². The van der Waals surface area contributed by atoms with Crippen molar-refractivity contribution < 1.29 is 4.74 Å². The van der Waals surface area contributed by atoms with Crippen molar-refractivity contribution in [2.24, 2.45) is 0 Å². The Morgan fingerprint density at radius 2 is 2.11 bits per heavy atom. The van der Waals surface area contributed by atoms with Gasteiger partial charge < -0.3 is 4.74 Å². The van der Waals surface area contributed by atoms with E-state index in [0.717, 1.165) is 22.6 Å². The van der Waals surface area contributed by atoms with E-state index in [4.69, 9.17) is 4.74 Å². The second-order valence-electron chi connectivity index (χ2n) is 4.28. The van der Waals surface area contributed by atoms with Crippen molar-refractivity contribution in [2.75, 3.05) is 7.11 Å². The molecule has 6 nitrogen and oxygen atoms in total. The average Bonchev–Trinajstić information content (AvgIpc) is 2.36. The first-order valence-electron chi connectivity index (χ1n) is 5.81. The number of hydrogen-bond acceptors (Lipinski definition) is 4. The van der Waals surface area contributed by atoms with Gasteiger partial charge in [0.15, 0.2) is 0 Å². The van der Waals surface area contributed by atoms with E-state index in [1.165, 1.54) is 16.8 Å². The lowest BCUT2D eigenvalue weighted by Crippen LogP contribution is -2.29. The molecule has 19 heavy (non-hydrogen) atoms. The van der Waals surface area contributed by atoms with Crippen LogP contribution in [0.25, 0.3) is 0 Å². The van der Waals surface area contributed by atoms with Crippen LogP contribution in [0.2, 0.25) is 0 Å². The van der Waals surface area contributed by atoms with Crippen LogP contribution in [0.4, 0.5) is 0 Å². The van der Waals surface area contributed by atoms with E-state index >= 15 is 0 Å². The van der Waals surface area contributed by atoms with E-state index in [2.05, 4.69) is 9.97 Å². The Kier molecular flexibility index (Phi) is 3.50. The Morgan fingerprint density at radius 1 is 1.37 bits per heavy atom. The molecule has 0 fully saturated rings. The monoisotopic (exact) mass is 261 g/mol. The van der Waals surface area contributed by atoms with Gasteiger partial charge in [0.05, 0.1) is 19.3 Å². The summed E-state index contributed by atoms with van der Waals surface area (Å²) in [4.78, 5) is 29.2. The number of H-pyrrole nitrogens is 1. The average molecular weight is 261 g/mol. The van der Waals surface area contributed by atoms with Gasteiger partial charge in [0.1, 0.15) is 5.75 Å². The van der Waals surface area contributed by atoms with Crippen LogP contribution in [-0.2, 0) is 6.54 Å². The minimum Gasteiger partial charge on any atom is -0.496 e. The molecule has 2 aromatic rings. The van der Waals surface area contributed by atoms with Crippen molar-refractivity contribution >= 4 is 0 Å². The summed E-state index contributed by atoms with van der Waals surface area (Å²) in [6, 6.07) is 1.31. The lowest BCUT2D eigenvalue weighted by atomic mass is 10.1. The highest BCUT2D eigenvalue weighted by Crippen LogP contribution is 2.24. The lowest BCUT2D eigenvalue weighted by Gasteiger charge is -2.12. The third kappa shape index (κ3) is 2.57. The first-order chi connectivity index (χ1) is 9.02. The maximum Gasteiger partial charge on any atom is 0.328 e. The Balaban J connectivity index is 2.44. The Bertz CT molecular complexity index is 716. The molecule has 0 spiro atoms. The predicted octanol–water partition coefficient (Wildman–Crippen LogP) is 0.605. The number of methoxy groups -OCH3 is 1. The van der Waals surface area contributed by atoms with Crippen molar-refractivity contribution in [1.82, 2.24) is 14.5 Å². The van der Waals surface area contributed by atoms with Crippen LogP contribution >= 0.6 is 0 Å². The summed E-state index contributed by atoms with van der Waals surface area (Å²) in [5.41, 5.74) is 1.70. The van der Waals surface area contributed by atoms with E-state index in [9.17, 15) is 9.59 Å². The Morgan fingerprint density at radius 3 is 2.74 bits per heavy atom. The van der Waals surface area contributed by atoms with Crippen molar-refractivity contribution in [1.29, 1.82) is 0 Å². The number of rotatable bonds is 3. The molecule has 0 atom stereocenters. The highest BCUT2D eigenvalue weighted by Gasteiger charge is 2.10. The number of hydrogen-bond donors (Lipinski definition) is 1. The van der Waals surface area contributed by atoms with Gasteiger partial charge in [-0.05, 0) is 13.8 Å². The molecule has 2 rings (SSSR count). The first kappa shape index (κ1) is 13.1. The highest BCUT2D eigenvalue weighted by atomic mass is 16.5. The van der Waals surface area contributed by atoms with Gasteiger partial charge in [0.25, 0.3) is 5.56 Å². The third-order valence-corrected chi connectivity index (χ3v) is 2.97. The van der Waals surface area contributed by atoms with Gasteiger partial charge in [0, 0.05) is 29.6 Å². The number of aromatic amines is 1. The zero-order valence-corrected chi connectivity index (χ0v) is 11.1. The fraction of sp³-hybridized carbons (Fsp3) is 0.308. The summed E-state index contributed by atoms with van der Waals surface area (Å²) < 4.78 is 6.71. The Labute approximate surface area is 109 Å². The van der Waals surface area contributed by atoms with E-state index in [1.807, 2.05) is 13.8 Å². The number of aryl methyl sites for hydroxylation is 1. The molecule has 0 radical (unpaired) electrons. The second-order valence-corrected chi connectivity index (χ2v) is 4.28. The smallest absolute Gasteiger partial charge is 0.328 e. The molecular formula is C13H15N3O3. The minimum absolute atomic E-state index is 0.290. The maximum atomic E-state index is 11.6. The molecule has 100 valence electrons. The lowest BCUT2D eigenvalue weighted by molar-refractivity contribution is 0.406. The summed E-state index contributed by atoms with van der Waals surface area (Å²) >= 11 is 0. The fourth-order valence-electron chi connectivity index (χ4n) is 1.96. The molecule has 0 aliphatic heterocycles. The molecule has 0 saturated heterocycles. The Hall–Kier alpha value is -2.37. The maximum absolute atomic E-state index is 11.6. The molecule has 0 bridgehead atoms. The summed E-state index contributed by atoms with van der Waals surface area (Å²) in [6.07, 6.45) is 3.16. The molecule has 0 aromatic carbocycles. The SMILES string of the molecule is COc1c(C)cnc(Cn2ccc(=O)[nH]c2=O)c1C. The van der Waals surface area contributed by atoms with E-state index in [-0.39, 0.29) is 6.54 Å². The van der Waals surface area contributed by atoms with Gasteiger partial charge in [0.2, 0.25) is 0 Å². The summed E-state index contributed by atoms with van der Waals surface area (Å²) in [5, 5.41) is 0. The number of ether oxygens (including phenoxy) is 1. The van der Waals surface area contributed by atoms with Crippen LogP contribution in [-0.4, -0.2) is 21.6 Å². The van der Waals surface area contributed by atoms with Crippen molar-refractivity contribution in [3.05, 3.63) is 56.1 Å². The summed E-state index contributed by atoms with van der Waals surface area (Å²) in [5.74, 6) is 0.766. The molecule has 0 aliphatic rings. The second kappa shape index (κ2) is 5.09. The highest BCUT2D eigenvalue weighted by molar-refractivity contribution is 5.41. The molecule has 6 heteroatoms. The predicted molar refractivity (Wildman–Crippen MR) is 70.7 cm³/mol. The molecule has 0 saturated carbocycles. The molecule has 0 amide bonds. The van der Waals surface area contributed by atoms with Crippen molar-refractivity contribution in [3.63, 3.8) is 0 Å². The largest absolute Gasteiger partial charge is 0.496 e. The normalized spacial score (nSPS) is 10.5. The van der Waals surface area contributed by atoms with Crippen LogP contribution in [0.15, 0.2) is 28.0 Å². The van der Waals surface area contributed by atoms with Gasteiger partial charge in [-0.1, -0.05) is 0 Å². The van der Waals surface area contributed by atoms with Gasteiger partial charge in [-0.2, -0.15) is 0 Å². The number of nitrogens with one attached hydrogen (secondary N) is 1. The summed E-state index contributed by atoms with van der Waals surface area (Å²) in [6.45, 7) is 4.09. The zero-order chi connectivity index (χ0) is 14.0. The third-order valence-electron chi connectivity index (χ3n) is 2.97. The molecule has 2 heterocycles. The minimum atomic E-state index is -0.451. The number of pyridine rings is 1. The van der Waals surface area contributed by atoms with Crippen molar-refractivity contribution in [3.8, 4) is 5.75 Å². The van der Waals surface area contributed by atoms with Gasteiger partial charge in [-0.3, -0.25) is 19.3 Å². The van der Waals surface area contributed by atoms with Crippen molar-refractivity contribution in [2.45, 2.75) is 20.4 Å². The topological polar surface area (TPSA) is 77.0 Å². The molecule has 2 aromatic heterocycles.